The van der Waals surface area contributed by atoms with Gasteiger partial charge in [-0.25, -0.2) is 4.68 Å². The molecule has 1 aromatic heterocycles. The lowest BCUT2D eigenvalue weighted by Gasteiger charge is -2.03. The third-order valence-electron chi connectivity index (χ3n) is 2.96. The van der Waals surface area contributed by atoms with Gasteiger partial charge in [0.15, 0.2) is 0 Å². The van der Waals surface area contributed by atoms with Crippen LogP contribution in [0.15, 0.2) is 24.3 Å². The van der Waals surface area contributed by atoms with Crippen LogP contribution in [0.1, 0.15) is 30.7 Å². The van der Waals surface area contributed by atoms with E-state index in [2.05, 4.69) is 25.0 Å². The molecule has 1 heterocycles. The van der Waals surface area contributed by atoms with Crippen molar-refractivity contribution in [3.05, 3.63) is 46.2 Å². The fourth-order valence-electron chi connectivity index (χ4n) is 2.03. The minimum Gasteiger partial charge on any atom is -0.222 e. The zero-order valence-electron chi connectivity index (χ0n) is 11.4. The number of hydrogen-bond donors (Lipinski definition) is 0. The van der Waals surface area contributed by atoms with Crippen molar-refractivity contribution in [3.8, 4) is 11.8 Å². The Morgan fingerprint density at radius 2 is 2.15 bits per heavy atom. The second-order valence-corrected chi connectivity index (χ2v) is 5.65. The van der Waals surface area contributed by atoms with Gasteiger partial charge in [0.05, 0.1) is 28.9 Å². The number of hydrogen-bond acceptors (Lipinski definition) is 2. The van der Waals surface area contributed by atoms with E-state index in [9.17, 15) is 0 Å². The first kappa shape index (κ1) is 14.9. The highest BCUT2D eigenvalue weighted by Gasteiger charge is 2.17. The number of rotatable bonds is 4. The Labute approximate surface area is 128 Å². The molecule has 0 aliphatic rings. The highest BCUT2D eigenvalue weighted by atomic mass is 35.5. The van der Waals surface area contributed by atoms with Crippen LogP contribution in [-0.4, -0.2) is 9.78 Å². The summed E-state index contributed by atoms with van der Waals surface area (Å²) in [6.45, 7) is 4.25. The van der Waals surface area contributed by atoms with Gasteiger partial charge in [0.2, 0.25) is 0 Å². The maximum absolute atomic E-state index is 8.97. The van der Waals surface area contributed by atoms with Crippen LogP contribution in [0.2, 0.25) is 5.15 Å². The first-order chi connectivity index (χ1) is 9.56. The van der Waals surface area contributed by atoms with E-state index < -0.39 is 0 Å². The van der Waals surface area contributed by atoms with Crippen molar-refractivity contribution >= 4 is 23.2 Å². The van der Waals surface area contributed by atoms with E-state index in [-0.39, 0.29) is 0 Å². The third kappa shape index (κ3) is 2.98. The van der Waals surface area contributed by atoms with E-state index in [1.807, 2.05) is 12.1 Å². The number of nitrogens with zero attached hydrogens (tertiary/aromatic N) is 3. The van der Waals surface area contributed by atoms with E-state index in [1.54, 1.807) is 16.8 Å². The molecule has 0 aliphatic heterocycles. The molecule has 0 radical (unpaired) electrons. The highest BCUT2D eigenvalue weighted by molar-refractivity contribution is 6.31. The average Bonchev–Trinajstić information content (AvgIpc) is 2.74. The van der Waals surface area contributed by atoms with Gasteiger partial charge in [0, 0.05) is 5.56 Å². The van der Waals surface area contributed by atoms with Gasteiger partial charge >= 0.3 is 0 Å². The molecule has 1 aromatic carbocycles. The molecule has 3 nitrogen and oxygen atoms in total. The Balaban J connectivity index is 2.51. The van der Waals surface area contributed by atoms with E-state index in [0.29, 0.717) is 22.5 Å². The standard InChI is InChI=1S/C15H15Cl2N3/c1-10(2)6-14-13(8-16)15(17)20(19-14)12-5-3-4-11(7-12)9-18/h3-5,7,10H,6,8H2,1-2H3. The number of benzene rings is 1. The molecule has 0 saturated heterocycles. The summed E-state index contributed by atoms with van der Waals surface area (Å²) >= 11 is 12.4. The Hall–Kier alpha value is -1.50. The summed E-state index contributed by atoms with van der Waals surface area (Å²) in [7, 11) is 0. The van der Waals surface area contributed by atoms with Gasteiger partial charge in [0.25, 0.3) is 0 Å². The number of nitriles is 1. The van der Waals surface area contributed by atoms with Crippen molar-refractivity contribution in [2.75, 3.05) is 0 Å². The van der Waals surface area contributed by atoms with Crippen molar-refractivity contribution < 1.29 is 0 Å². The van der Waals surface area contributed by atoms with E-state index >= 15 is 0 Å². The molecular formula is C15H15Cl2N3. The molecule has 0 fully saturated rings. The Bertz CT molecular complexity index is 654. The molecule has 0 N–H and O–H groups in total. The summed E-state index contributed by atoms with van der Waals surface area (Å²) in [5.74, 6) is 0.806. The lowest BCUT2D eigenvalue weighted by molar-refractivity contribution is 0.626. The van der Waals surface area contributed by atoms with Crippen LogP contribution in [0.5, 0.6) is 0 Å². The Morgan fingerprint density at radius 3 is 2.75 bits per heavy atom. The molecule has 104 valence electrons. The first-order valence-electron chi connectivity index (χ1n) is 6.39. The minimum absolute atomic E-state index is 0.332. The van der Waals surface area contributed by atoms with Crippen LogP contribution in [0.3, 0.4) is 0 Å². The largest absolute Gasteiger partial charge is 0.222 e. The van der Waals surface area contributed by atoms with E-state index in [4.69, 9.17) is 28.5 Å². The Kier molecular flexibility index (Phi) is 4.69. The van der Waals surface area contributed by atoms with E-state index in [0.717, 1.165) is 23.4 Å². The molecule has 0 aliphatic carbocycles. The van der Waals surface area contributed by atoms with Gasteiger partial charge < -0.3 is 0 Å². The van der Waals surface area contributed by atoms with Crippen LogP contribution in [0.25, 0.3) is 5.69 Å². The summed E-state index contributed by atoms with van der Waals surface area (Å²) < 4.78 is 1.65. The SMILES string of the molecule is CC(C)Cc1nn(-c2cccc(C#N)c2)c(Cl)c1CCl. The number of aromatic nitrogens is 2. The summed E-state index contributed by atoms with van der Waals surface area (Å²) in [5.41, 5.74) is 3.13. The van der Waals surface area contributed by atoms with E-state index in [1.165, 1.54) is 0 Å². The molecule has 0 spiro atoms. The molecule has 5 heteroatoms. The van der Waals surface area contributed by atoms with Crippen molar-refractivity contribution in [1.29, 1.82) is 5.26 Å². The molecule has 0 amide bonds. The zero-order chi connectivity index (χ0) is 14.7. The summed E-state index contributed by atoms with van der Waals surface area (Å²) in [5, 5.41) is 14.0. The van der Waals surface area contributed by atoms with Crippen LogP contribution in [0, 0.1) is 17.2 Å². The fraction of sp³-hybridized carbons (Fsp3) is 0.333. The molecule has 20 heavy (non-hydrogen) atoms. The van der Waals surface area contributed by atoms with Crippen LogP contribution in [-0.2, 0) is 12.3 Å². The minimum atomic E-state index is 0.332. The van der Waals surface area contributed by atoms with Gasteiger partial charge in [-0.1, -0.05) is 31.5 Å². The zero-order valence-corrected chi connectivity index (χ0v) is 12.9. The smallest absolute Gasteiger partial charge is 0.137 e. The van der Waals surface area contributed by atoms with Crippen molar-refractivity contribution in [1.82, 2.24) is 9.78 Å². The predicted molar refractivity (Wildman–Crippen MR) is 81.4 cm³/mol. The van der Waals surface area contributed by atoms with Gasteiger partial charge in [-0.3, -0.25) is 0 Å². The maximum atomic E-state index is 8.97. The average molecular weight is 308 g/mol. The van der Waals surface area contributed by atoms with Crippen molar-refractivity contribution in [2.24, 2.45) is 5.92 Å². The maximum Gasteiger partial charge on any atom is 0.137 e. The van der Waals surface area contributed by atoms with Crippen molar-refractivity contribution in [3.63, 3.8) is 0 Å². The van der Waals surface area contributed by atoms with Gasteiger partial charge in [-0.15, -0.1) is 11.6 Å². The molecule has 0 bridgehead atoms. The summed E-state index contributed by atoms with van der Waals surface area (Å²) in [4.78, 5) is 0. The Morgan fingerprint density at radius 1 is 1.40 bits per heavy atom. The molecule has 0 unspecified atom stereocenters. The van der Waals surface area contributed by atoms with Gasteiger partial charge in [-0.05, 0) is 30.5 Å². The lowest BCUT2D eigenvalue weighted by atomic mass is 10.1. The monoisotopic (exact) mass is 307 g/mol. The molecule has 0 saturated carbocycles. The second kappa shape index (κ2) is 6.30. The number of halogens is 2. The topological polar surface area (TPSA) is 41.6 Å². The number of alkyl halides is 1. The van der Waals surface area contributed by atoms with Gasteiger partial charge in [0.1, 0.15) is 5.15 Å². The summed E-state index contributed by atoms with van der Waals surface area (Å²) in [6, 6.07) is 9.31. The molecule has 2 aromatic rings. The third-order valence-corrected chi connectivity index (χ3v) is 3.61. The normalized spacial score (nSPS) is 10.8. The van der Waals surface area contributed by atoms with Gasteiger partial charge in [-0.2, -0.15) is 10.4 Å². The quantitative estimate of drug-likeness (QED) is 0.789. The summed E-state index contributed by atoms with van der Waals surface area (Å²) in [6.07, 6.45) is 0.826. The molecule has 0 atom stereocenters. The first-order valence-corrected chi connectivity index (χ1v) is 7.30. The van der Waals surface area contributed by atoms with Crippen LogP contribution < -0.4 is 0 Å². The van der Waals surface area contributed by atoms with Crippen LogP contribution >= 0.6 is 23.2 Å². The fourth-order valence-corrected chi connectivity index (χ4v) is 2.69. The highest BCUT2D eigenvalue weighted by Crippen LogP contribution is 2.27. The predicted octanol–water partition coefficient (Wildman–Crippen LogP) is 4.33. The lowest BCUT2D eigenvalue weighted by Crippen LogP contribution is -2.00. The second-order valence-electron chi connectivity index (χ2n) is 5.02. The molecular weight excluding hydrogens is 293 g/mol. The molecule has 2 rings (SSSR count). The van der Waals surface area contributed by atoms with Crippen molar-refractivity contribution in [2.45, 2.75) is 26.1 Å². The van der Waals surface area contributed by atoms with Crippen LogP contribution in [0.4, 0.5) is 0 Å².